The number of amides is 1. The fourth-order valence-electron chi connectivity index (χ4n) is 2.66. The van der Waals surface area contributed by atoms with Crippen LogP contribution in [0.5, 0.6) is 0 Å². The maximum absolute atomic E-state index is 12.3. The van der Waals surface area contributed by atoms with Gasteiger partial charge in [0.05, 0.1) is 17.3 Å². The average Bonchev–Trinajstić information content (AvgIpc) is 3.04. The molecule has 0 spiro atoms. The van der Waals surface area contributed by atoms with E-state index in [4.69, 9.17) is 4.52 Å². The van der Waals surface area contributed by atoms with Crippen molar-refractivity contribution in [2.45, 2.75) is 26.8 Å². The van der Waals surface area contributed by atoms with Gasteiger partial charge in [0.15, 0.2) is 5.82 Å². The van der Waals surface area contributed by atoms with E-state index in [1.165, 1.54) is 0 Å². The van der Waals surface area contributed by atoms with Crippen LogP contribution in [0, 0.1) is 5.41 Å². The van der Waals surface area contributed by atoms with Crippen LogP contribution in [0.3, 0.4) is 0 Å². The number of anilines is 1. The van der Waals surface area contributed by atoms with E-state index in [0.29, 0.717) is 17.4 Å². The van der Waals surface area contributed by atoms with Gasteiger partial charge >= 0.3 is 0 Å². The molecule has 7 nitrogen and oxygen atoms in total. The van der Waals surface area contributed by atoms with Crippen LogP contribution in [-0.2, 0) is 4.79 Å². The maximum Gasteiger partial charge on any atom is 0.260 e. The van der Waals surface area contributed by atoms with E-state index in [9.17, 15) is 4.79 Å². The van der Waals surface area contributed by atoms with Crippen molar-refractivity contribution in [3.63, 3.8) is 0 Å². The number of likely N-dealkylation sites (N-methyl/N-ethyl adjacent to an activating group) is 1. The minimum atomic E-state index is -0.483. The summed E-state index contributed by atoms with van der Waals surface area (Å²) in [4.78, 5) is 19.1. The molecule has 1 aliphatic heterocycles. The number of hydrogen-bond acceptors (Lipinski definition) is 6. The van der Waals surface area contributed by atoms with Gasteiger partial charge in [0.2, 0.25) is 5.91 Å². The van der Waals surface area contributed by atoms with Crippen LogP contribution < -0.4 is 10.6 Å². The summed E-state index contributed by atoms with van der Waals surface area (Å²) in [6.07, 6.45) is 0. The quantitative estimate of drug-likeness (QED) is 0.890. The lowest BCUT2D eigenvalue weighted by Gasteiger charge is -2.30. The van der Waals surface area contributed by atoms with Crippen molar-refractivity contribution in [2.75, 3.05) is 32.0 Å². The Labute approximate surface area is 147 Å². The third-order valence-electron chi connectivity index (χ3n) is 4.34. The van der Waals surface area contributed by atoms with Crippen LogP contribution in [0.4, 0.5) is 5.69 Å². The lowest BCUT2D eigenvalue weighted by molar-refractivity contribution is -0.123. The fraction of sp³-hybridized carbons (Fsp3) is 0.500. The summed E-state index contributed by atoms with van der Waals surface area (Å²) in [7, 11) is 2.05. The third-order valence-corrected chi connectivity index (χ3v) is 4.34. The molecule has 1 atom stereocenters. The van der Waals surface area contributed by atoms with Crippen molar-refractivity contribution in [2.24, 2.45) is 5.41 Å². The van der Waals surface area contributed by atoms with E-state index in [2.05, 4.69) is 32.7 Å². The van der Waals surface area contributed by atoms with Crippen molar-refractivity contribution in [3.05, 3.63) is 30.1 Å². The van der Waals surface area contributed by atoms with Gasteiger partial charge < -0.3 is 15.2 Å². The molecule has 0 bridgehead atoms. The predicted octanol–water partition coefficient (Wildman–Crippen LogP) is 2.30. The van der Waals surface area contributed by atoms with Crippen LogP contribution >= 0.6 is 0 Å². The van der Waals surface area contributed by atoms with Crippen molar-refractivity contribution >= 4 is 11.6 Å². The molecule has 2 N–H and O–H groups in total. The minimum absolute atomic E-state index is 0.0593. The zero-order chi connectivity index (χ0) is 18.0. The fourth-order valence-corrected chi connectivity index (χ4v) is 2.66. The number of para-hydroxylation sites is 1. The Morgan fingerprint density at radius 2 is 2.12 bits per heavy atom. The molecular weight excluding hydrogens is 318 g/mol. The maximum atomic E-state index is 12.3. The molecule has 2 heterocycles. The van der Waals surface area contributed by atoms with Crippen molar-refractivity contribution < 1.29 is 9.32 Å². The first-order valence-corrected chi connectivity index (χ1v) is 8.51. The summed E-state index contributed by atoms with van der Waals surface area (Å²) in [6.45, 7) is 8.31. The number of nitrogens with one attached hydrogen (secondary N) is 2. The molecule has 1 saturated heterocycles. The topological polar surface area (TPSA) is 83.3 Å². The Balaban J connectivity index is 1.86. The number of nitrogens with zero attached hydrogens (tertiary/aromatic N) is 3. The molecule has 25 heavy (non-hydrogen) atoms. The van der Waals surface area contributed by atoms with Crippen LogP contribution in [0.15, 0.2) is 28.8 Å². The molecule has 1 fully saturated rings. The highest BCUT2D eigenvalue weighted by molar-refractivity contribution is 5.97. The van der Waals surface area contributed by atoms with Gasteiger partial charge in [-0.15, -0.1) is 0 Å². The first-order valence-electron chi connectivity index (χ1n) is 8.51. The summed E-state index contributed by atoms with van der Waals surface area (Å²) in [5.74, 6) is 1.01. The van der Waals surface area contributed by atoms with Gasteiger partial charge in [0, 0.05) is 25.0 Å². The largest absolute Gasteiger partial charge is 0.334 e. The normalized spacial score (nSPS) is 19.0. The minimum Gasteiger partial charge on any atom is -0.334 e. The first-order chi connectivity index (χ1) is 11.9. The number of benzene rings is 1. The van der Waals surface area contributed by atoms with Crippen LogP contribution in [0.1, 0.15) is 32.6 Å². The molecule has 0 radical (unpaired) electrons. The van der Waals surface area contributed by atoms with Gasteiger partial charge in [0.1, 0.15) is 0 Å². The second kappa shape index (κ2) is 6.93. The van der Waals surface area contributed by atoms with Crippen LogP contribution in [0.25, 0.3) is 11.5 Å². The molecule has 1 aliphatic rings. The van der Waals surface area contributed by atoms with Crippen molar-refractivity contribution in [1.82, 2.24) is 20.4 Å². The van der Waals surface area contributed by atoms with Gasteiger partial charge in [-0.1, -0.05) is 38.1 Å². The number of hydrogen-bond donors (Lipinski definition) is 2. The van der Waals surface area contributed by atoms with E-state index < -0.39 is 5.41 Å². The number of carbonyl (C=O) groups excluding carboxylic acids is 1. The standard InChI is InChI=1S/C18H25N5O2/c1-18(2,3)17(24)20-13-8-6-5-7-12(13)16-21-15(22-25-16)14-11-19-9-10-23(14)4/h5-8,14,19H,9-11H2,1-4H3,(H,20,24). The molecule has 1 unspecified atom stereocenters. The van der Waals surface area contributed by atoms with Crippen LogP contribution in [0.2, 0.25) is 0 Å². The lowest BCUT2D eigenvalue weighted by atomic mass is 9.95. The molecule has 0 saturated carbocycles. The van der Waals surface area contributed by atoms with E-state index in [1.54, 1.807) is 0 Å². The molecule has 2 aromatic rings. The molecule has 0 aliphatic carbocycles. The number of carbonyl (C=O) groups is 1. The molecule has 134 valence electrons. The van der Waals surface area contributed by atoms with E-state index in [-0.39, 0.29) is 11.9 Å². The van der Waals surface area contributed by atoms with Crippen molar-refractivity contribution in [1.29, 1.82) is 0 Å². The molecule has 1 aromatic heterocycles. The molecular formula is C18H25N5O2. The number of rotatable bonds is 3. The average molecular weight is 343 g/mol. The summed E-state index contributed by atoms with van der Waals surface area (Å²) in [5.41, 5.74) is 0.918. The summed E-state index contributed by atoms with van der Waals surface area (Å²) in [6, 6.07) is 7.57. The van der Waals surface area contributed by atoms with E-state index >= 15 is 0 Å². The monoisotopic (exact) mass is 343 g/mol. The highest BCUT2D eigenvalue weighted by Gasteiger charge is 2.27. The Morgan fingerprint density at radius 3 is 2.84 bits per heavy atom. The SMILES string of the molecule is CN1CCNCC1c1noc(-c2ccccc2NC(=O)C(C)(C)C)n1. The Kier molecular flexibility index (Phi) is 4.87. The molecule has 1 aromatic carbocycles. The lowest BCUT2D eigenvalue weighted by Crippen LogP contribution is -2.44. The van der Waals surface area contributed by atoms with Gasteiger partial charge in [-0.2, -0.15) is 4.98 Å². The second-order valence-electron chi connectivity index (χ2n) is 7.41. The highest BCUT2D eigenvalue weighted by atomic mass is 16.5. The Hall–Kier alpha value is -2.25. The predicted molar refractivity (Wildman–Crippen MR) is 96.1 cm³/mol. The molecule has 1 amide bonds. The summed E-state index contributed by atoms with van der Waals surface area (Å²) >= 11 is 0. The first kappa shape index (κ1) is 17.6. The summed E-state index contributed by atoms with van der Waals surface area (Å²) in [5, 5.41) is 10.5. The highest BCUT2D eigenvalue weighted by Crippen LogP contribution is 2.29. The Morgan fingerprint density at radius 1 is 1.36 bits per heavy atom. The smallest absolute Gasteiger partial charge is 0.260 e. The zero-order valence-electron chi connectivity index (χ0n) is 15.2. The van der Waals surface area contributed by atoms with E-state index in [1.807, 2.05) is 45.0 Å². The third kappa shape index (κ3) is 3.88. The van der Waals surface area contributed by atoms with Gasteiger partial charge in [-0.25, -0.2) is 0 Å². The van der Waals surface area contributed by atoms with Gasteiger partial charge in [-0.3, -0.25) is 9.69 Å². The Bertz CT molecular complexity index is 750. The zero-order valence-corrected chi connectivity index (χ0v) is 15.2. The summed E-state index contributed by atoms with van der Waals surface area (Å²) < 4.78 is 5.49. The molecule has 7 heteroatoms. The van der Waals surface area contributed by atoms with Crippen molar-refractivity contribution in [3.8, 4) is 11.5 Å². The van der Waals surface area contributed by atoms with Gasteiger partial charge in [-0.05, 0) is 19.2 Å². The molecule has 3 rings (SSSR count). The number of piperazine rings is 1. The van der Waals surface area contributed by atoms with E-state index in [0.717, 1.165) is 25.2 Å². The van der Waals surface area contributed by atoms with Crippen LogP contribution in [-0.4, -0.2) is 47.6 Å². The number of aromatic nitrogens is 2. The second-order valence-corrected chi connectivity index (χ2v) is 7.41. The van der Waals surface area contributed by atoms with Gasteiger partial charge in [0.25, 0.3) is 5.89 Å².